The molecular weight excluding hydrogens is 342 g/mol. The Balaban J connectivity index is 1.59. The van der Waals surface area contributed by atoms with Crippen molar-refractivity contribution in [3.8, 4) is 5.75 Å². The van der Waals surface area contributed by atoms with Gasteiger partial charge in [0.05, 0.1) is 0 Å². The lowest BCUT2D eigenvalue weighted by Gasteiger charge is -2.10. The van der Waals surface area contributed by atoms with Crippen LogP contribution in [0.25, 0.3) is 0 Å². The fourth-order valence-electron chi connectivity index (χ4n) is 2.62. The number of carbonyl (C=O) groups excluding carboxylic acids is 2. The molecule has 0 aliphatic rings. The number of nitrogens with one attached hydrogen (secondary N) is 1. The number of aryl methyl sites for hydroxylation is 3. The largest absolute Gasteiger partial charge is 0.483 e. The van der Waals surface area contributed by atoms with Crippen LogP contribution in [0, 0.1) is 13.8 Å². The number of anilines is 1. The van der Waals surface area contributed by atoms with Crippen LogP contribution in [0.15, 0.2) is 54.9 Å². The molecule has 0 unspecified atom stereocenters. The van der Waals surface area contributed by atoms with Gasteiger partial charge in [-0.05, 0) is 55.3 Å². The number of amides is 1. The van der Waals surface area contributed by atoms with Crippen molar-refractivity contribution in [3.63, 3.8) is 0 Å². The maximum atomic E-state index is 12.4. The van der Waals surface area contributed by atoms with E-state index in [4.69, 9.17) is 4.74 Å². The lowest BCUT2D eigenvalue weighted by atomic mass is 10.1. The van der Waals surface area contributed by atoms with Crippen LogP contribution in [0.1, 0.15) is 27.3 Å². The van der Waals surface area contributed by atoms with Gasteiger partial charge in [0, 0.05) is 30.7 Å². The molecule has 6 heteroatoms. The number of imidazole rings is 1. The average Bonchev–Trinajstić information content (AvgIpc) is 3.08. The molecule has 1 amide bonds. The second kappa shape index (κ2) is 7.86. The van der Waals surface area contributed by atoms with Gasteiger partial charge in [0.2, 0.25) is 5.78 Å². The zero-order valence-electron chi connectivity index (χ0n) is 15.5. The molecule has 0 aliphatic heterocycles. The molecule has 3 aromatic rings. The van der Waals surface area contributed by atoms with E-state index >= 15 is 0 Å². The van der Waals surface area contributed by atoms with Crippen LogP contribution in [0.4, 0.5) is 5.69 Å². The number of rotatable bonds is 6. The van der Waals surface area contributed by atoms with E-state index in [9.17, 15) is 9.59 Å². The molecule has 6 nitrogen and oxygen atoms in total. The number of aromatic nitrogens is 2. The highest BCUT2D eigenvalue weighted by Gasteiger charge is 2.13. The highest BCUT2D eigenvalue weighted by Crippen LogP contribution is 2.19. The normalized spacial score (nSPS) is 10.5. The predicted molar refractivity (Wildman–Crippen MR) is 103 cm³/mol. The zero-order chi connectivity index (χ0) is 19.4. The van der Waals surface area contributed by atoms with Crippen LogP contribution in [0.2, 0.25) is 0 Å². The Hall–Kier alpha value is -3.41. The molecule has 0 spiro atoms. The number of hydrogen-bond acceptors (Lipinski definition) is 4. The molecule has 0 aliphatic carbocycles. The molecule has 27 heavy (non-hydrogen) atoms. The monoisotopic (exact) mass is 363 g/mol. The lowest BCUT2D eigenvalue weighted by Crippen LogP contribution is -2.20. The minimum atomic E-state index is -0.265. The summed E-state index contributed by atoms with van der Waals surface area (Å²) in [5.41, 5.74) is 3.16. The van der Waals surface area contributed by atoms with Gasteiger partial charge in [0.1, 0.15) is 5.75 Å². The molecule has 138 valence electrons. The SMILES string of the molecule is Cc1ccc(C)c(OCC(=O)Nc2ccc(C(=O)c3nccn3C)cc2)c1. The third kappa shape index (κ3) is 4.41. The molecule has 2 aromatic carbocycles. The summed E-state index contributed by atoms with van der Waals surface area (Å²) in [5.74, 6) is 0.632. The summed E-state index contributed by atoms with van der Waals surface area (Å²) < 4.78 is 7.27. The Morgan fingerprint density at radius 3 is 2.52 bits per heavy atom. The summed E-state index contributed by atoms with van der Waals surface area (Å²) >= 11 is 0. The third-order valence-corrected chi connectivity index (χ3v) is 4.16. The van der Waals surface area contributed by atoms with Crippen LogP contribution in [-0.2, 0) is 11.8 Å². The molecule has 1 aromatic heterocycles. The summed E-state index contributed by atoms with van der Waals surface area (Å²) in [5, 5.41) is 2.76. The van der Waals surface area contributed by atoms with Crippen molar-refractivity contribution in [1.29, 1.82) is 0 Å². The molecule has 0 fully saturated rings. The molecule has 0 radical (unpaired) electrons. The predicted octanol–water partition coefficient (Wildman–Crippen LogP) is 3.29. The Morgan fingerprint density at radius 2 is 1.85 bits per heavy atom. The molecule has 1 heterocycles. The average molecular weight is 363 g/mol. The van der Waals surface area contributed by atoms with Gasteiger partial charge in [-0.2, -0.15) is 0 Å². The maximum absolute atomic E-state index is 12.4. The molecule has 0 bridgehead atoms. The Bertz CT molecular complexity index is 975. The standard InChI is InChI=1S/C21H21N3O3/c1-14-4-5-15(2)18(12-14)27-13-19(25)23-17-8-6-16(7-9-17)20(26)21-22-10-11-24(21)3/h4-12H,13H2,1-3H3,(H,23,25). The number of ether oxygens (including phenoxy) is 1. The van der Waals surface area contributed by atoms with Gasteiger partial charge >= 0.3 is 0 Å². The van der Waals surface area contributed by atoms with Gasteiger partial charge in [-0.15, -0.1) is 0 Å². The first-order valence-corrected chi connectivity index (χ1v) is 8.56. The van der Waals surface area contributed by atoms with Crippen LogP contribution >= 0.6 is 0 Å². The summed E-state index contributed by atoms with van der Waals surface area (Å²) in [6.45, 7) is 3.82. The Morgan fingerprint density at radius 1 is 1.11 bits per heavy atom. The van der Waals surface area contributed by atoms with Gasteiger partial charge in [0.25, 0.3) is 5.91 Å². The quantitative estimate of drug-likeness (QED) is 0.682. The van der Waals surface area contributed by atoms with Crippen molar-refractivity contribution in [2.45, 2.75) is 13.8 Å². The van der Waals surface area contributed by atoms with Crippen LogP contribution < -0.4 is 10.1 Å². The summed E-state index contributed by atoms with van der Waals surface area (Å²) in [4.78, 5) is 28.6. The van der Waals surface area contributed by atoms with E-state index in [2.05, 4.69) is 10.3 Å². The number of carbonyl (C=O) groups is 2. The summed E-state index contributed by atoms with van der Waals surface area (Å²) in [7, 11) is 1.77. The molecule has 1 N–H and O–H groups in total. The van der Waals surface area contributed by atoms with Crippen LogP contribution in [0.3, 0.4) is 0 Å². The molecular formula is C21H21N3O3. The second-order valence-electron chi connectivity index (χ2n) is 6.37. The van der Waals surface area contributed by atoms with E-state index < -0.39 is 0 Å². The molecule has 3 rings (SSSR count). The van der Waals surface area contributed by atoms with Crippen molar-refractivity contribution in [2.24, 2.45) is 7.05 Å². The first kappa shape index (κ1) is 18.4. The van der Waals surface area contributed by atoms with E-state index in [1.807, 2.05) is 32.0 Å². The fourth-order valence-corrected chi connectivity index (χ4v) is 2.62. The topological polar surface area (TPSA) is 73.2 Å². The number of nitrogens with zero attached hydrogens (tertiary/aromatic N) is 2. The van der Waals surface area contributed by atoms with E-state index in [1.54, 1.807) is 48.3 Å². The molecule has 0 saturated heterocycles. The lowest BCUT2D eigenvalue weighted by molar-refractivity contribution is -0.118. The third-order valence-electron chi connectivity index (χ3n) is 4.16. The minimum absolute atomic E-state index is 0.0851. The minimum Gasteiger partial charge on any atom is -0.483 e. The summed E-state index contributed by atoms with van der Waals surface area (Å²) in [6.07, 6.45) is 3.30. The first-order valence-electron chi connectivity index (χ1n) is 8.56. The van der Waals surface area contributed by atoms with Gasteiger partial charge in [0.15, 0.2) is 12.4 Å². The van der Waals surface area contributed by atoms with Crippen molar-refractivity contribution in [1.82, 2.24) is 9.55 Å². The number of ketones is 1. The van der Waals surface area contributed by atoms with Gasteiger partial charge in [-0.1, -0.05) is 12.1 Å². The van der Waals surface area contributed by atoms with Crippen molar-refractivity contribution >= 4 is 17.4 Å². The molecule has 0 atom stereocenters. The smallest absolute Gasteiger partial charge is 0.262 e. The number of benzene rings is 2. The molecule has 0 saturated carbocycles. The zero-order valence-corrected chi connectivity index (χ0v) is 15.5. The van der Waals surface area contributed by atoms with Crippen LogP contribution in [0.5, 0.6) is 5.75 Å². The van der Waals surface area contributed by atoms with E-state index in [0.29, 0.717) is 22.8 Å². The Kier molecular flexibility index (Phi) is 5.35. The van der Waals surface area contributed by atoms with Gasteiger partial charge in [-0.3, -0.25) is 9.59 Å². The summed E-state index contributed by atoms with van der Waals surface area (Å²) in [6, 6.07) is 12.6. The van der Waals surface area contributed by atoms with Crippen LogP contribution in [-0.4, -0.2) is 27.8 Å². The van der Waals surface area contributed by atoms with Crippen molar-refractivity contribution in [2.75, 3.05) is 11.9 Å². The highest BCUT2D eigenvalue weighted by atomic mass is 16.5. The van der Waals surface area contributed by atoms with E-state index in [1.165, 1.54) is 0 Å². The second-order valence-corrected chi connectivity index (χ2v) is 6.37. The number of hydrogen-bond donors (Lipinski definition) is 1. The van der Waals surface area contributed by atoms with Crippen molar-refractivity contribution in [3.05, 3.63) is 77.4 Å². The fraction of sp³-hybridized carbons (Fsp3) is 0.190. The van der Waals surface area contributed by atoms with Gasteiger partial charge < -0.3 is 14.6 Å². The first-order chi connectivity index (χ1) is 12.9. The van der Waals surface area contributed by atoms with E-state index in [0.717, 1.165) is 11.1 Å². The van der Waals surface area contributed by atoms with E-state index in [-0.39, 0.29) is 18.3 Å². The Labute approximate surface area is 157 Å². The maximum Gasteiger partial charge on any atom is 0.262 e. The van der Waals surface area contributed by atoms with Crippen molar-refractivity contribution < 1.29 is 14.3 Å². The highest BCUT2D eigenvalue weighted by molar-refractivity contribution is 6.07. The van der Waals surface area contributed by atoms with Gasteiger partial charge in [-0.25, -0.2) is 4.98 Å².